The molecule has 0 fully saturated rings. The van der Waals surface area contributed by atoms with Crippen molar-refractivity contribution in [3.8, 4) is 0 Å². The molecule has 0 spiro atoms. The van der Waals surface area contributed by atoms with Crippen molar-refractivity contribution in [2.45, 2.75) is 20.3 Å². The van der Waals surface area contributed by atoms with Crippen LogP contribution in [0.15, 0.2) is 12.4 Å². The fraction of sp³-hybridized carbons (Fsp3) is 0.545. The van der Waals surface area contributed by atoms with Crippen LogP contribution in [0.4, 0.5) is 5.82 Å². The molecule has 0 saturated heterocycles. The average molecular weight is 298 g/mol. The number of halogens is 1. The Morgan fingerprint density at radius 2 is 2.24 bits per heavy atom. The van der Waals surface area contributed by atoms with Crippen molar-refractivity contribution in [1.82, 2.24) is 19.6 Å². The summed E-state index contributed by atoms with van der Waals surface area (Å²) >= 11 is 3.49. The lowest BCUT2D eigenvalue weighted by Gasteiger charge is -2.23. The highest BCUT2D eigenvalue weighted by Crippen LogP contribution is 2.16. The molecule has 2 aromatic heterocycles. The summed E-state index contributed by atoms with van der Waals surface area (Å²) in [5.74, 6) is 1.72. The molecule has 2 aromatic rings. The maximum atomic E-state index is 4.35. The van der Waals surface area contributed by atoms with Crippen molar-refractivity contribution < 1.29 is 0 Å². The summed E-state index contributed by atoms with van der Waals surface area (Å²) in [6, 6.07) is 2.06. The van der Waals surface area contributed by atoms with E-state index >= 15 is 0 Å². The predicted octanol–water partition coefficient (Wildman–Crippen LogP) is 2.04. The lowest BCUT2D eigenvalue weighted by Crippen LogP contribution is -2.28. The largest absolute Gasteiger partial charge is 0.356 e. The lowest BCUT2D eigenvalue weighted by atomic mass is 10.3. The van der Waals surface area contributed by atoms with Gasteiger partial charge in [-0.05, 0) is 13.3 Å². The molecule has 0 unspecified atom stereocenters. The zero-order chi connectivity index (χ0) is 12.3. The zero-order valence-electron chi connectivity index (χ0n) is 10.1. The van der Waals surface area contributed by atoms with Crippen LogP contribution in [0.3, 0.4) is 0 Å². The Hall–Kier alpha value is -1.17. The van der Waals surface area contributed by atoms with E-state index in [2.05, 4.69) is 48.9 Å². The first-order valence-corrected chi connectivity index (χ1v) is 6.86. The van der Waals surface area contributed by atoms with Gasteiger partial charge < -0.3 is 4.90 Å². The maximum absolute atomic E-state index is 4.35. The van der Waals surface area contributed by atoms with Crippen LogP contribution >= 0.6 is 15.9 Å². The second-order valence-corrected chi connectivity index (χ2v) is 4.70. The molecule has 2 heterocycles. The molecule has 0 radical (unpaired) electrons. The van der Waals surface area contributed by atoms with E-state index in [0.29, 0.717) is 5.78 Å². The summed E-state index contributed by atoms with van der Waals surface area (Å²) in [5, 5.41) is 5.17. The first-order chi connectivity index (χ1) is 8.26. The number of hydrogen-bond acceptors (Lipinski definition) is 4. The van der Waals surface area contributed by atoms with Crippen LogP contribution in [0.1, 0.15) is 19.0 Å². The molecule has 5 nitrogen and oxygen atoms in total. The molecule has 0 bridgehead atoms. The second kappa shape index (κ2) is 5.44. The maximum Gasteiger partial charge on any atom is 0.254 e. The molecule has 0 aromatic carbocycles. The highest BCUT2D eigenvalue weighted by Gasteiger charge is 2.11. The Kier molecular flexibility index (Phi) is 3.93. The Bertz CT molecular complexity index is 490. The van der Waals surface area contributed by atoms with E-state index < -0.39 is 0 Å². The minimum atomic E-state index is 0.663. The Morgan fingerprint density at radius 3 is 2.94 bits per heavy atom. The lowest BCUT2D eigenvalue weighted by molar-refractivity contribution is 0.755. The van der Waals surface area contributed by atoms with Gasteiger partial charge in [0.25, 0.3) is 5.78 Å². The average Bonchev–Trinajstić information content (AvgIpc) is 2.75. The number of fused-ring (bicyclic) bond motifs is 1. The normalized spacial score (nSPS) is 11.0. The summed E-state index contributed by atoms with van der Waals surface area (Å²) in [6.07, 6.45) is 2.65. The van der Waals surface area contributed by atoms with E-state index in [1.807, 2.05) is 6.92 Å². The zero-order valence-corrected chi connectivity index (χ0v) is 11.7. The Morgan fingerprint density at radius 1 is 1.41 bits per heavy atom. The molecule has 0 N–H and O–H groups in total. The monoisotopic (exact) mass is 297 g/mol. The molecule has 0 aliphatic carbocycles. The number of hydrogen-bond donors (Lipinski definition) is 0. The van der Waals surface area contributed by atoms with Crippen molar-refractivity contribution in [3.63, 3.8) is 0 Å². The topological polar surface area (TPSA) is 46.3 Å². The summed E-state index contributed by atoms with van der Waals surface area (Å²) in [5.41, 5.74) is 0.969. The van der Waals surface area contributed by atoms with Crippen LogP contribution in [-0.2, 0) is 0 Å². The molecular weight excluding hydrogens is 282 g/mol. The van der Waals surface area contributed by atoms with Crippen LogP contribution in [0.25, 0.3) is 5.78 Å². The van der Waals surface area contributed by atoms with Crippen LogP contribution in [0, 0.1) is 6.92 Å². The summed E-state index contributed by atoms with van der Waals surface area (Å²) < 4.78 is 1.80. The number of anilines is 1. The Labute approximate surface area is 109 Å². The number of aromatic nitrogens is 4. The van der Waals surface area contributed by atoms with E-state index in [0.717, 1.165) is 36.4 Å². The smallest absolute Gasteiger partial charge is 0.254 e. The quantitative estimate of drug-likeness (QED) is 0.793. The van der Waals surface area contributed by atoms with Gasteiger partial charge in [0.1, 0.15) is 12.1 Å². The van der Waals surface area contributed by atoms with Crippen molar-refractivity contribution in [2.75, 3.05) is 23.3 Å². The minimum absolute atomic E-state index is 0.663. The third-order valence-corrected chi connectivity index (χ3v) is 2.89. The van der Waals surface area contributed by atoms with E-state index in [1.54, 1.807) is 10.8 Å². The fourth-order valence-corrected chi connectivity index (χ4v) is 2.28. The van der Waals surface area contributed by atoms with Crippen molar-refractivity contribution >= 4 is 27.5 Å². The van der Waals surface area contributed by atoms with E-state index in [1.165, 1.54) is 0 Å². The first-order valence-electron chi connectivity index (χ1n) is 5.74. The van der Waals surface area contributed by atoms with Crippen LogP contribution in [0.2, 0.25) is 0 Å². The van der Waals surface area contributed by atoms with Crippen molar-refractivity contribution in [3.05, 3.63) is 18.1 Å². The summed E-state index contributed by atoms with van der Waals surface area (Å²) in [6.45, 7) is 6.11. The predicted molar refractivity (Wildman–Crippen MR) is 71.8 cm³/mol. The van der Waals surface area contributed by atoms with Gasteiger partial charge in [0.2, 0.25) is 0 Å². The molecule has 0 aliphatic rings. The van der Waals surface area contributed by atoms with Gasteiger partial charge in [-0.3, -0.25) is 0 Å². The molecular formula is C11H16BrN5. The molecule has 0 atom stereocenters. The molecule has 6 heteroatoms. The number of nitrogens with zero attached hydrogens (tertiary/aromatic N) is 5. The van der Waals surface area contributed by atoms with Crippen LogP contribution in [0.5, 0.6) is 0 Å². The van der Waals surface area contributed by atoms with Crippen LogP contribution in [-0.4, -0.2) is 38.0 Å². The molecule has 17 heavy (non-hydrogen) atoms. The summed E-state index contributed by atoms with van der Waals surface area (Å²) in [7, 11) is 0. The third-order valence-electron chi connectivity index (χ3n) is 2.53. The van der Waals surface area contributed by atoms with Gasteiger partial charge in [-0.1, -0.05) is 22.9 Å². The van der Waals surface area contributed by atoms with Gasteiger partial charge in [0, 0.05) is 30.2 Å². The van der Waals surface area contributed by atoms with Gasteiger partial charge in [0.15, 0.2) is 0 Å². The molecule has 2 rings (SSSR count). The molecule has 0 aliphatic heterocycles. The van der Waals surface area contributed by atoms with Crippen LogP contribution < -0.4 is 4.90 Å². The summed E-state index contributed by atoms with van der Waals surface area (Å²) in [4.78, 5) is 10.8. The Balaban J connectivity index is 2.46. The van der Waals surface area contributed by atoms with Crippen molar-refractivity contribution in [2.24, 2.45) is 0 Å². The van der Waals surface area contributed by atoms with Gasteiger partial charge in [-0.2, -0.15) is 14.6 Å². The third kappa shape index (κ3) is 2.57. The first kappa shape index (κ1) is 12.3. The fourth-order valence-electron chi connectivity index (χ4n) is 1.85. The van der Waals surface area contributed by atoms with Gasteiger partial charge in [0.05, 0.1) is 0 Å². The number of aryl methyl sites for hydroxylation is 1. The SMILES string of the molecule is CCCN(CCBr)c1cc(C)nc2ncnn12. The van der Waals surface area contributed by atoms with E-state index in [-0.39, 0.29) is 0 Å². The standard InChI is InChI=1S/C11H16BrN5/c1-3-5-16(6-4-12)10-7-9(2)15-11-13-8-14-17(10)11/h7-8H,3-6H2,1-2H3. The molecule has 0 amide bonds. The molecule has 0 saturated carbocycles. The number of rotatable bonds is 5. The minimum Gasteiger partial charge on any atom is -0.356 e. The van der Waals surface area contributed by atoms with Crippen molar-refractivity contribution in [1.29, 1.82) is 0 Å². The van der Waals surface area contributed by atoms with Gasteiger partial charge in [-0.15, -0.1) is 0 Å². The van der Waals surface area contributed by atoms with E-state index in [9.17, 15) is 0 Å². The van der Waals surface area contributed by atoms with Gasteiger partial charge in [-0.25, -0.2) is 4.98 Å². The van der Waals surface area contributed by atoms with E-state index in [4.69, 9.17) is 0 Å². The second-order valence-electron chi connectivity index (χ2n) is 3.90. The number of alkyl halides is 1. The highest BCUT2D eigenvalue weighted by molar-refractivity contribution is 9.09. The molecule has 92 valence electrons. The highest BCUT2D eigenvalue weighted by atomic mass is 79.9. The van der Waals surface area contributed by atoms with Gasteiger partial charge >= 0.3 is 0 Å².